The summed E-state index contributed by atoms with van der Waals surface area (Å²) in [6.07, 6.45) is 5.12. The number of piperidine rings is 1. The Hall–Kier alpha value is -4.71. The van der Waals surface area contributed by atoms with Crippen molar-refractivity contribution < 1.29 is 18.7 Å². The number of likely N-dealkylation sites (tertiary alicyclic amines) is 1. The number of rotatable bonds is 4. The first-order valence-corrected chi connectivity index (χ1v) is 14.2. The van der Waals surface area contributed by atoms with E-state index in [0.717, 1.165) is 5.39 Å². The molecule has 0 N–H and O–H groups in total. The van der Waals surface area contributed by atoms with E-state index in [1.807, 2.05) is 6.07 Å². The van der Waals surface area contributed by atoms with Crippen molar-refractivity contribution in [2.24, 2.45) is 0 Å². The number of amides is 2. The number of nitrogens with zero attached hydrogens (tertiary/aromatic N) is 8. The predicted molar refractivity (Wildman–Crippen MR) is 159 cm³/mol. The number of ether oxygens (including phenoxy) is 1. The fourth-order valence-electron chi connectivity index (χ4n) is 5.20. The van der Waals surface area contributed by atoms with Crippen molar-refractivity contribution in [3.05, 3.63) is 77.6 Å². The van der Waals surface area contributed by atoms with Gasteiger partial charge in [-0.25, -0.2) is 24.1 Å². The van der Waals surface area contributed by atoms with Gasteiger partial charge in [0.25, 0.3) is 5.91 Å². The standard InChI is InChI=1S/C30H28ClFN8O3/c1-30(2,3)43-29(42)38-14-6-8-19(17-38)39(27-24-18(11-13-34-27)7-4-9-21(24)31)28(41)25-22(32)15-20(16-35-25)40-26-23(36-37-40)10-5-12-33-26/h4-5,7,9-13,15-16,19H,6,8,14,17H2,1-3H3/t19-/m1/s1. The molecule has 1 fully saturated rings. The maximum absolute atomic E-state index is 15.8. The molecule has 1 saturated heterocycles. The van der Waals surface area contributed by atoms with Crippen molar-refractivity contribution in [3.63, 3.8) is 0 Å². The highest BCUT2D eigenvalue weighted by Crippen LogP contribution is 2.35. The minimum atomic E-state index is -0.863. The maximum Gasteiger partial charge on any atom is 0.410 e. The van der Waals surface area contributed by atoms with Crippen LogP contribution in [0, 0.1) is 5.82 Å². The van der Waals surface area contributed by atoms with Gasteiger partial charge in [0.05, 0.1) is 22.9 Å². The van der Waals surface area contributed by atoms with Crippen LogP contribution in [0.2, 0.25) is 5.02 Å². The summed E-state index contributed by atoms with van der Waals surface area (Å²) in [6.45, 7) is 5.99. The van der Waals surface area contributed by atoms with Crippen molar-refractivity contribution >= 4 is 51.4 Å². The van der Waals surface area contributed by atoms with Crippen LogP contribution in [0.4, 0.5) is 15.0 Å². The van der Waals surface area contributed by atoms with E-state index >= 15 is 4.39 Å². The van der Waals surface area contributed by atoms with Crippen LogP contribution in [-0.4, -0.2) is 71.6 Å². The van der Waals surface area contributed by atoms with Crippen molar-refractivity contribution in [2.75, 3.05) is 18.0 Å². The summed E-state index contributed by atoms with van der Waals surface area (Å²) in [5.74, 6) is -1.33. The minimum absolute atomic E-state index is 0.152. The minimum Gasteiger partial charge on any atom is -0.444 e. The Labute approximate surface area is 251 Å². The molecule has 13 heteroatoms. The molecule has 220 valence electrons. The number of benzene rings is 1. The van der Waals surface area contributed by atoms with Crippen LogP contribution in [0.5, 0.6) is 0 Å². The van der Waals surface area contributed by atoms with E-state index < -0.39 is 35.2 Å². The Balaban J connectivity index is 1.41. The quantitative estimate of drug-likeness (QED) is 0.261. The third-order valence-electron chi connectivity index (χ3n) is 7.06. The highest BCUT2D eigenvalue weighted by Gasteiger charge is 2.37. The van der Waals surface area contributed by atoms with Gasteiger partial charge in [-0.1, -0.05) is 28.9 Å². The van der Waals surface area contributed by atoms with E-state index in [0.29, 0.717) is 41.0 Å². The van der Waals surface area contributed by atoms with Gasteiger partial charge in [0.1, 0.15) is 16.9 Å². The molecule has 0 spiro atoms. The van der Waals surface area contributed by atoms with Gasteiger partial charge in [-0.15, -0.1) is 5.10 Å². The average Bonchev–Trinajstić information content (AvgIpc) is 3.41. The van der Waals surface area contributed by atoms with Gasteiger partial charge in [0, 0.05) is 36.9 Å². The highest BCUT2D eigenvalue weighted by molar-refractivity contribution is 6.36. The molecule has 43 heavy (non-hydrogen) atoms. The van der Waals surface area contributed by atoms with Crippen LogP contribution in [0.15, 0.2) is 61.1 Å². The second kappa shape index (κ2) is 11.2. The molecule has 1 aliphatic rings. The molecule has 6 rings (SSSR count). The topological polar surface area (TPSA) is 119 Å². The molecule has 5 aromatic rings. The number of hydrogen-bond donors (Lipinski definition) is 0. The Morgan fingerprint density at radius 2 is 1.93 bits per heavy atom. The Bertz CT molecular complexity index is 1850. The fraction of sp³-hybridized carbons (Fsp3) is 0.300. The zero-order chi connectivity index (χ0) is 30.3. The summed E-state index contributed by atoms with van der Waals surface area (Å²) in [6, 6.07) is 11.2. The largest absolute Gasteiger partial charge is 0.444 e. The lowest BCUT2D eigenvalue weighted by molar-refractivity contribution is 0.0196. The van der Waals surface area contributed by atoms with E-state index in [9.17, 15) is 9.59 Å². The second-order valence-electron chi connectivity index (χ2n) is 11.2. The Morgan fingerprint density at radius 1 is 1.09 bits per heavy atom. The number of carbonyl (C=O) groups is 2. The molecule has 1 atom stereocenters. The molecule has 0 unspecified atom stereocenters. The van der Waals surface area contributed by atoms with Gasteiger partial charge in [0.15, 0.2) is 17.2 Å². The van der Waals surface area contributed by atoms with Crippen LogP contribution in [-0.2, 0) is 4.74 Å². The molecular weight excluding hydrogens is 575 g/mol. The first kappa shape index (κ1) is 28.4. The zero-order valence-corrected chi connectivity index (χ0v) is 24.5. The van der Waals surface area contributed by atoms with Crippen LogP contribution in [0.3, 0.4) is 0 Å². The number of anilines is 1. The van der Waals surface area contributed by atoms with Gasteiger partial charge in [0.2, 0.25) is 0 Å². The molecule has 1 aliphatic heterocycles. The monoisotopic (exact) mass is 602 g/mol. The van der Waals surface area contributed by atoms with Crippen LogP contribution in [0.1, 0.15) is 44.1 Å². The molecule has 0 bridgehead atoms. The number of halogens is 2. The summed E-state index contributed by atoms with van der Waals surface area (Å²) in [7, 11) is 0. The van der Waals surface area contributed by atoms with Crippen molar-refractivity contribution in [1.82, 2.24) is 34.8 Å². The maximum atomic E-state index is 15.8. The summed E-state index contributed by atoms with van der Waals surface area (Å²) in [5.41, 5.74) is 0.0935. The number of fused-ring (bicyclic) bond motifs is 2. The zero-order valence-electron chi connectivity index (χ0n) is 23.7. The van der Waals surface area contributed by atoms with Gasteiger partial charge in [-0.3, -0.25) is 9.69 Å². The molecule has 0 radical (unpaired) electrons. The summed E-state index contributed by atoms with van der Waals surface area (Å²) in [5, 5.41) is 9.78. The van der Waals surface area contributed by atoms with E-state index in [-0.39, 0.29) is 18.1 Å². The molecule has 11 nitrogen and oxygen atoms in total. The molecule has 2 amide bonds. The normalized spacial score (nSPS) is 15.6. The molecule has 4 aromatic heterocycles. The van der Waals surface area contributed by atoms with E-state index in [1.54, 1.807) is 68.4 Å². The molecule has 1 aromatic carbocycles. The Morgan fingerprint density at radius 3 is 2.72 bits per heavy atom. The fourth-order valence-corrected chi connectivity index (χ4v) is 5.46. The second-order valence-corrected chi connectivity index (χ2v) is 11.6. The van der Waals surface area contributed by atoms with Crippen molar-refractivity contribution in [1.29, 1.82) is 0 Å². The third kappa shape index (κ3) is 5.57. The molecule has 5 heterocycles. The number of pyridine rings is 3. The van der Waals surface area contributed by atoms with Gasteiger partial charge < -0.3 is 9.64 Å². The van der Waals surface area contributed by atoms with Crippen LogP contribution < -0.4 is 4.90 Å². The van der Waals surface area contributed by atoms with E-state index in [4.69, 9.17) is 16.3 Å². The van der Waals surface area contributed by atoms with Crippen molar-refractivity contribution in [2.45, 2.75) is 45.3 Å². The van der Waals surface area contributed by atoms with Crippen molar-refractivity contribution in [3.8, 4) is 5.69 Å². The number of hydrogen-bond acceptors (Lipinski definition) is 8. The Kier molecular flexibility index (Phi) is 7.38. The first-order valence-electron chi connectivity index (χ1n) is 13.8. The number of carbonyl (C=O) groups excluding carboxylic acids is 2. The van der Waals surface area contributed by atoms with Crippen LogP contribution >= 0.6 is 11.6 Å². The van der Waals surface area contributed by atoms with E-state index in [1.165, 1.54) is 21.8 Å². The molecular formula is C30H28ClFN8O3. The van der Waals surface area contributed by atoms with Gasteiger partial charge in [-0.2, -0.15) is 4.68 Å². The first-order chi connectivity index (χ1) is 20.6. The average molecular weight is 603 g/mol. The smallest absolute Gasteiger partial charge is 0.410 e. The predicted octanol–water partition coefficient (Wildman–Crippen LogP) is 5.60. The van der Waals surface area contributed by atoms with E-state index in [2.05, 4.69) is 25.3 Å². The SMILES string of the molecule is CC(C)(C)OC(=O)N1CCC[C@@H](N(C(=O)c2ncc(-n3nnc4cccnc43)cc2F)c2nccc3cccc(Cl)c23)C1. The third-order valence-corrected chi connectivity index (χ3v) is 7.38. The molecule has 0 aliphatic carbocycles. The summed E-state index contributed by atoms with van der Waals surface area (Å²) < 4.78 is 22.7. The lowest BCUT2D eigenvalue weighted by Gasteiger charge is -2.39. The lowest BCUT2D eigenvalue weighted by Crippen LogP contribution is -2.53. The van der Waals surface area contributed by atoms with Crippen LogP contribution in [0.25, 0.3) is 27.6 Å². The summed E-state index contributed by atoms with van der Waals surface area (Å²) in [4.78, 5) is 43.3. The molecule has 0 saturated carbocycles. The van der Waals surface area contributed by atoms with Gasteiger partial charge >= 0.3 is 6.09 Å². The van der Waals surface area contributed by atoms with Gasteiger partial charge in [-0.05, 0) is 63.3 Å². The highest BCUT2D eigenvalue weighted by atomic mass is 35.5. The lowest BCUT2D eigenvalue weighted by atomic mass is 10.0. The summed E-state index contributed by atoms with van der Waals surface area (Å²) >= 11 is 6.63. The number of aromatic nitrogens is 6.